The number of esters is 1. The van der Waals surface area contributed by atoms with Crippen molar-refractivity contribution in [2.24, 2.45) is 5.41 Å². The molecule has 0 aromatic heterocycles. The summed E-state index contributed by atoms with van der Waals surface area (Å²) in [4.78, 5) is 12.5. The Hall–Kier alpha value is -2.60. The van der Waals surface area contributed by atoms with Gasteiger partial charge in [-0.15, -0.1) is 0 Å². The average molecular weight is 293 g/mol. The van der Waals surface area contributed by atoms with Crippen LogP contribution in [0.2, 0.25) is 0 Å². The Morgan fingerprint density at radius 2 is 1.45 bits per heavy atom. The van der Waals surface area contributed by atoms with Crippen molar-refractivity contribution in [3.05, 3.63) is 71.8 Å². The highest BCUT2D eigenvalue weighted by Crippen LogP contribution is 2.29. The number of rotatable bonds is 6. The molecule has 3 nitrogen and oxygen atoms in total. The standard InChI is InChI=1S/C19H19NO2/c1-2-22-18(21)19(15-20,13-16-9-5-3-6-10-16)14-17-11-7-4-8-12-17/h3-12H,2,13-14H2,1H3. The normalized spacial score (nSPS) is 10.7. The average Bonchev–Trinajstić information content (AvgIpc) is 2.56. The Morgan fingerprint density at radius 1 is 1.00 bits per heavy atom. The lowest BCUT2D eigenvalue weighted by Crippen LogP contribution is -2.36. The van der Waals surface area contributed by atoms with E-state index in [9.17, 15) is 10.1 Å². The molecule has 0 spiro atoms. The van der Waals surface area contributed by atoms with Crippen molar-refractivity contribution in [3.63, 3.8) is 0 Å². The highest BCUT2D eigenvalue weighted by molar-refractivity contribution is 5.81. The summed E-state index contributed by atoms with van der Waals surface area (Å²) in [6, 6.07) is 21.4. The fourth-order valence-corrected chi connectivity index (χ4v) is 2.49. The number of nitriles is 1. The summed E-state index contributed by atoms with van der Waals surface area (Å²) < 4.78 is 5.18. The third-order valence-electron chi connectivity index (χ3n) is 3.58. The van der Waals surface area contributed by atoms with Crippen LogP contribution in [0.3, 0.4) is 0 Å². The fourth-order valence-electron chi connectivity index (χ4n) is 2.49. The van der Waals surface area contributed by atoms with Crippen molar-refractivity contribution >= 4 is 5.97 Å². The predicted molar refractivity (Wildman–Crippen MR) is 85.0 cm³/mol. The Morgan fingerprint density at radius 3 is 1.82 bits per heavy atom. The lowest BCUT2D eigenvalue weighted by molar-refractivity contribution is -0.152. The summed E-state index contributed by atoms with van der Waals surface area (Å²) >= 11 is 0. The Balaban J connectivity index is 2.34. The number of hydrogen-bond donors (Lipinski definition) is 0. The van der Waals surface area contributed by atoms with Crippen molar-refractivity contribution in [1.82, 2.24) is 0 Å². The molecule has 22 heavy (non-hydrogen) atoms. The molecular weight excluding hydrogens is 274 g/mol. The molecule has 0 aliphatic carbocycles. The zero-order valence-electron chi connectivity index (χ0n) is 12.7. The molecule has 0 atom stereocenters. The van der Waals surface area contributed by atoms with Gasteiger partial charge >= 0.3 is 5.97 Å². The Kier molecular flexibility index (Phi) is 5.32. The zero-order chi connectivity index (χ0) is 15.8. The smallest absolute Gasteiger partial charge is 0.327 e. The van der Waals surface area contributed by atoms with Crippen molar-refractivity contribution in [2.75, 3.05) is 6.61 Å². The van der Waals surface area contributed by atoms with E-state index in [-0.39, 0.29) is 6.61 Å². The van der Waals surface area contributed by atoms with Crippen LogP contribution < -0.4 is 0 Å². The van der Waals surface area contributed by atoms with Gasteiger partial charge in [-0.05, 0) is 18.1 Å². The van der Waals surface area contributed by atoms with E-state index in [2.05, 4.69) is 6.07 Å². The molecule has 0 amide bonds. The minimum Gasteiger partial charge on any atom is -0.465 e. The highest BCUT2D eigenvalue weighted by Gasteiger charge is 2.40. The van der Waals surface area contributed by atoms with Gasteiger partial charge in [0.15, 0.2) is 5.41 Å². The number of benzene rings is 2. The summed E-state index contributed by atoms with van der Waals surface area (Å²) in [6.45, 7) is 2.02. The van der Waals surface area contributed by atoms with E-state index in [1.165, 1.54) is 0 Å². The molecule has 0 saturated heterocycles. The predicted octanol–water partition coefficient (Wildman–Crippen LogP) is 3.54. The summed E-state index contributed by atoms with van der Waals surface area (Å²) in [5.41, 5.74) is 0.708. The number of hydrogen-bond acceptors (Lipinski definition) is 3. The SMILES string of the molecule is CCOC(=O)C(C#N)(Cc1ccccc1)Cc1ccccc1. The third-order valence-corrected chi connectivity index (χ3v) is 3.58. The van der Waals surface area contributed by atoms with Gasteiger partial charge in [0.05, 0.1) is 12.7 Å². The second-order valence-electron chi connectivity index (χ2n) is 5.24. The molecule has 0 fully saturated rings. The topological polar surface area (TPSA) is 50.1 Å². The van der Waals surface area contributed by atoms with Crippen molar-refractivity contribution < 1.29 is 9.53 Å². The molecule has 2 aromatic rings. The van der Waals surface area contributed by atoms with Crippen LogP contribution in [0.4, 0.5) is 0 Å². The van der Waals surface area contributed by atoms with Crippen LogP contribution in [0.1, 0.15) is 18.1 Å². The van der Waals surface area contributed by atoms with E-state index >= 15 is 0 Å². The van der Waals surface area contributed by atoms with Crippen LogP contribution in [0.25, 0.3) is 0 Å². The largest absolute Gasteiger partial charge is 0.465 e. The lowest BCUT2D eigenvalue weighted by Gasteiger charge is -2.24. The highest BCUT2D eigenvalue weighted by atomic mass is 16.5. The molecule has 0 aliphatic rings. The zero-order valence-corrected chi connectivity index (χ0v) is 12.7. The van der Waals surface area contributed by atoms with Gasteiger partial charge in [-0.25, -0.2) is 0 Å². The van der Waals surface area contributed by atoms with Gasteiger partial charge in [-0.1, -0.05) is 60.7 Å². The van der Waals surface area contributed by atoms with E-state index in [0.717, 1.165) is 11.1 Å². The van der Waals surface area contributed by atoms with Gasteiger partial charge in [0.1, 0.15) is 0 Å². The Labute approximate surface area is 131 Å². The molecule has 0 N–H and O–H groups in total. The molecule has 0 radical (unpaired) electrons. The molecule has 0 bridgehead atoms. The molecule has 112 valence electrons. The van der Waals surface area contributed by atoms with Gasteiger partial charge in [0, 0.05) is 12.8 Å². The van der Waals surface area contributed by atoms with E-state index in [1.54, 1.807) is 6.92 Å². The molecule has 3 heteroatoms. The summed E-state index contributed by atoms with van der Waals surface area (Å²) in [5.74, 6) is -0.454. The summed E-state index contributed by atoms with van der Waals surface area (Å²) in [6.07, 6.45) is 0.691. The minimum atomic E-state index is -1.20. The van der Waals surface area contributed by atoms with E-state index in [4.69, 9.17) is 4.74 Å². The van der Waals surface area contributed by atoms with Crippen LogP contribution in [-0.4, -0.2) is 12.6 Å². The number of ether oxygens (including phenoxy) is 1. The number of nitrogens with zero attached hydrogens (tertiary/aromatic N) is 1. The minimum absolute atomic E-state index is 0.270. The maximum absolute atomic E-state index is 12.5. The Bertz CT molecular complexity index is 603. The first-order valence-electron chi connectivity index (χ1n) is 7.36. The van der Waals surface area contributed by atoms with E-state index < -0.39 is 11.4 Å². The summed E-state index contributed by atoms with van der Waals surface area (Å²) in [5, 5.41) is 9.75. The first-order chi connectivity index (χ1) is 10.7. The molecule has 0 aliphatic heterocycles. The van der Waals surface area contributed by atoms with E-state index in [0.29, 0.717) is 12.8 Å². The van der Waals surface area contributed by atoms with Gasteiger partial charge in [0.25, 0.3) is 0 Å². The van der Waals surface area contributed by atoms with E-state index in [1.807, 2.05) is 60.7 Å². The lowest BCUT2D eigenvalue weighted by atomic mass is 9.77. The first-order valence-corrected chi connectivity index (χ1v) is 7.36. The number of carbonyl (C=O) groups is 1. The number of carbonyl (C=O) groups excluding carboxylic acids is 1. The van der Waals surface area contributed by atoms with Crippen LogP contribution >= 0.6 is 0 Å². The van der Waals surface area contributed by atoms with Crippen LogP contribution in [0.15, 0.2) is 60.7 Å². The maximum atomic E-state index is 12.5. The van der Waals surface area contributed by atoms with Crippen molar-refractivity contribution in [1.29, 1.82) is 5.26 Å². The van der Waals surface area contributed by atoms with Gasteiger partial charge in [0.2, 0.25) is 0 Å². The monoisotopic (exact) mass is 293 g/mol. The molecule has 0 saturated carbocycles. The van der Waals surface area contributed by atoms with Crippen LogP contribution in [-0.2, 0) is 22.4 Å². The summed E-state index contributed by atoms with van der Waals surface area (Å²) in [7, 11) is 0. The molecule has 2 aromatic carbocycles. The van der Waals surface area contributed by atoms with Crippen LogP contribution in [0.5, 0.6) is 0 Å². The quantitative estimate of drug-likeness (QED) is 0.765. The fraction of sp³-hybridized carbons (Fsp3) is 0.263. The maximum Gasteiger partial charge on any atom is 0.327 e. The molecule has 0 unspecified atom stereocenters. The second-order valence-corrected chi connectivity index (χ2v) is 5.24. The third kappa shape index (κ3) is 3.73. The van der Waals surface area contributed by atoms with Crippen molar-refractivity contribution in [2.45, 2.75) is 19.8 Å². The molecular formula is C19H19NO2. The van der Waals surface area contributed by atoms with Gasteiger partial charge in [-0.3, -0.25) is 4.79 Å². The second kappa shape index (κ2) is 7.42. The van der Waals surface area contributed by atoms with Crippen molar-refractivity contribution in [3.8, 4) is 6.07 Å². The van der Waals surface area contributed by atoms with Gasteiger partial charge in [-0.2, -0.15) is 5.26 Å². The van der Waals surface area contributed by atoms with Crippen LogP contribution in [0, 0.1) is 16.7 Å². The van der Waals surface area contributed by atoms with Gasteiger partial charge < -0.3 is 4.74 Å². The molecule has 2 rings (SSSR count). The molecule has 0 heterocycles. The first kappa shape index (κ1) is 15.8.